The Hall–Kier alpha value is -1.38. The molecule has 2 aromatic heterocycles. The second-order valence-electron chi connectivity index (χ2n) is 6.10. The molecule has 5 nitrogen and oxygen atoms in total. The van der Waals surface area contributed by atoms with Crippen molar-refractivity contribution < 1.29 is 8.42 Å². The second-order valence-corrected chi connectivity index (χ2v) is 9.81. The van der Waals surface area contributed by atoms with Gasteiger partial charge in [0.15, 0.2) is 0 Å². The Balaban J connectivity index is 1.89. The highest BCUT2D eigenvalue weighted by Crippen LogP contribution is 2.29. The summed E-state index contributed by atoms with van der Waals surface area (Å²) in [5, 5.41) is 1.13. The number of likely N-dealkylation sites (N-methyl/N-ethyl adjacent to an activating group) is 1. The fourth-order valence-electron chi connectivity index (χ4n) is 2.91. The van der Waals surface area contributed by atoms with Crippen molar-refractivity contribution in [3.05, 3.63) is 52.5 Å². The van der Waals surface area contributed by atoms with Gasteiger partial charge in [0.05, 0.1) is 4.34 Å². The molecule has 134 valence electrons. The minimum Gasteiger partial charge on any atom is -0.350 e. The van der Waals surface area contributed by atoms with Gasteiger partial charge in [0.1, 0.15) is 4.21 Å². The summed E-state index contributed by atoms with van der Waals surface area (Å²) in [7, 11) is 2.32. The van der Waals surface area contributed by atoms with E-state index in [-0.39, 0.29) is 16.8 Å². The molecule has 1 N–H and O–H groups in total. The Morgan fingerprint density at radius 1 is 1.24 bits per heavy atom. The molecule has 0 fully saturated rings. The van der Waals surface area contributed by atoms with Crippen molar-refractivity contribution in [1.29, 1.82) is 0 Å². The van der Waals surface area contributed by atoms with E-state index in [4.69, 9.17) is 11.6 Å². The zero-order valence-electron chi connectivity index (χ0n) is 14.2. The van der Waals surface area contributed by atoms with E-state index in [2.05, 4.69) is 27.6 Å². The number of aromatic nitrogens is 1. The maximum atomic E-state index is 12.5. The van der Waals surface area contributed by atoms with Gasteiger partial charge in [-0.05, 0) is 37.9 Å². The lowest BCUT2D eigenvalue weighted by Crippen LogP contribution is -2.34. The van der Waals surface area contributed by atoms with Gasteiger partial charge in [-0.25, -0.2) is 13.1 Å². The third kappa shape index (κ3) is 3.75. The molecule has 1 aromatic carbocycles. The van der Waals surface area contributed by atoms with Crippen LogP contribution in [0.4, 0.5) is 0 Å². The van der Waals surface area contributed by atoms with E-state index in [1.165, 1.54) is 6.07 Å². The highest BCUT2D eigenvalue weighted by molar-refractivity contribution is 7.91. The summed E-state index contributed by atoms with van der Waals surface area (Å²) in [5.41, 5.74) is 2.22. The average Bonchev–Trinajstić information content (AvgIpc) is 3.13. The van der Waals surface area contributed by atoms with Gasteiger partial charge < -0.3 is 9.47 Å². The number of sulfonamides is 1. The quantitative estimate of drug-likeness (QED) is 0.692. The standard InChI is InChI=1S/C17H20ClN3O2S2/c1-20(2)15(10-19-25(22,23)17-9-8-16(18)24-17)13-11-21(3)14-7-5-4-6-12(13)14/h4-9,11,15,19H,10H2,1-3H3/t15-/m1/s1. The molecule has 3 aromatic rings. The lowest BCUT2D eigenvalue weighted by atomic mass is 10.1. The number of para-hydroxylation sites is 1. The molecule has 2 heterocycles. The predicted molar refractivity (Wildman–Crippen MR) is 104 cm³/mol. The van der Waals surface area contributed by atoms with Gasteiger partial charge in [0.2, 0.25) is 10.0 Å². The summed E-state index contributed by atoms with van der Waals surface area (Å²) in [6.07, 6.45) is 2.06. The minimum absolute atomic E-state index is 0.0868. The van der Waals surface area contributed by atoms with Crippen molar-refractivity contribution in [2.45, 2.75) is 10.3 Å². The molecule has 0 saturated carbocycles. The van der Waals surface area contributed by atoms with E-state index in [1.54, 1.807) is 6.07 Å². The van der Waals surface area contributed by atoms with Crippen LogP contribution in [0.5, 0.6) is 0 Å². The van der Waals surface area contributed by atoms with Crippen LogP contribution in [-0.4, -0.2) is 38.5 Å². The fraction of sp³-hybridized carbons (Fsp3) is 0.294. The topological polar surface area (TPSA) is 54.3 Å². The molecule has 0 aliphatic rings. The summed E-state index contributed by atoms with van der Waals surface area (Å²) in [6, 6.07) is 11.2. The van der Waals surface area contributed by atoms with Gasteiger partial charge in [-0.1, -0.05) is 29.8 Å². The number of hydrogen-bond donors (Lipinski definition) is 1. The molecule has 0 unspecified atom stereocenters. The normalized spacial score (nSPS) is 13.6. The first-order valence-electron chi connectivity index (χ1n) is 7.75. The van der Waals surface area contributed by atoms with E-state index in [0.717, 1.165) is 27.8 Å². The van der Waals surface area contributed by atoms with Crippen molar-refractivity contribution in [2.24, 2.45) is 7.05 Å². The maximum absolute atomic E-state index is 12.5. The number of halogens is 1. The summed E-state index contributed by atoms with van der Waals surface area (Å²) < 4.78 is 30.4. The fourth-order valence-corrected chi connectivity index (χ4v) is 5.48. The van der Waals surface area contributed by atoms with Crippen LogP contribution < -0.4 is 4.72 Å². The number of thiophene rings is 1. The van der Waals surface area contributed by atoms with Crippen LogP contribution in [0.3, 0.4) is 0 Å². The zero-order valence-corrected chi connectivity index (χ0v) is 16.6. The van der Waals surface area contributed by atoms with Crippen LogP contribution in [0.25, 0.3) is 10.9 Å². The lowest BCUT2D eigenvalue weighted by molar-refractivity contribution is 0.301. The first-order chi connectivity index (χ1) is 11.8. The molecule has 0 aliphatic carbocycles. The molecule has 0 aliphatic heterocycles. The Kier molecular flexibility index (Phi) is 5.22. The van der Waals surface area contributed by atoms with E-state index in [0.29, 0.717) is 4.34 Å². The molecule has 0 saturated heterocycles. The van der Waals surface area contributed by atoms with Gasteiger partial charge in [-0.15, -0.1) is 11.3 Å². The van der Waals surface area contributed by atoms with Crippen LogP contribution in [0.1, 0.15) is 11.6 Å². The third-order valence-corrected chi connectivity index (χ3v) is 7.34. The molecular weight excluding hydrogens is 378 g/mol. The Bertz CT molecular complexity index is 992. The highest BCUT2D eigenvalue weighted by Gasteiger charge is 2.23. The van der Waals surface area contributed by atoms with Crippen LogP contribution in [-0.2, 0) is 17.1 Å². The number of fused-ring (bicyclic) bond motifs is 1. The molecule has 8 heteroatoms. The van der Waals surface area contributed by atoms with E-state index >= 15 is 0 Å². The molecule has 0 spiro atoms. The largest absolute Gasteiger partial charge is 0.350 e. The van der Waals surface area contributed by atoms with Crippen molar-refractivity contribution >= 4 is 43.9 Å². The number of aryl methyl sites for hydroxylation is 1. The second kappa shape index (κ2) is 7.09. The van der Waals surface area contributed by atoms with Gasteiger partial charge in [0.25, 0.3) is 0 Å². The summed E-state index contributed by atoms with van der Waals surface area (Å²) in [4.78, 5) is 2.02. The molecule has 25 heavy (non-hydrogen) atoms. The first kappa shape index (κ1) is 18.4. The van der Waals surface area contributed by atoms with Gasteiger partial charge >= 0.3 is 0 Å². The maximum Gasteiger partial charge on any atom is 0.250 e. The van der Waals surface area contributed by atoms with Gasteiger partial charge in [-0.3, -0.25) is 0 Å². The number of rotatable bonds is 6. The molecule has 0 amide bonds. The summed E-state index contributed by atoms with van der Waals surface area (Å²) in [6.45, 7) is 0.277. The molecule has 1 atom stereocenters. The third-order valence-electron chi connectivity index (χ3n) is 4.19. The van der Waals surface area contributed by atoms with Gasteiger partial charge in [0, 0.05) is 36.7 Å². The van der Waals surface area contributed by atoms with Crippen molar-refractivity contribution in [3.8, 4) is 0 Å². The summed E-state index contributed by atoms with van der Waals surface area (Å²) in [5.74, 6) is 0. The molecular formula is C17H20ClN3O2S2. The molecule has 0 bridgehead atoms. The molecule has 0 radical (unpaired) electrons. The summed E-state index contributed by atoms with van der Waals surface area (Å²) >= 11 is 6.91. The van der Waals surface area contributed by atoms with Crippen LogP contribution in [0.2, 0.25) is 4.34 Å². The smallest absolute Gasteiger partial charge is 0.250 e. The zero-order chi connectivity index (χ0) is 18.2. The number of nitrogens with zero attached hydrogens (tertiary/aromatic N) is 2. The number of nitrogens with one attached hydrogen (secondary N) is 1. The monoisotopic (exact) mass is 397 g/mol. The first-order valence-corrected chi connectivity index (χ1v) is 10.4. The highest BCUT2D eigenvalue weighted by atomic mass is 35.5. The van der Waals surface area contributed by atoms with Crippen LogP contribution in [0.15, 0.2) is 46.8 Å². The van der Waals surface area contributed by atoms with E-state index in [9.17, 15) is 8.42 Å². The Morgan fingerprint density at radius 3 is 2.60 bits per heavy atom. The van der Waals surface area contributed by atoms with Crippen molar-refractivity contribution in [2.75, 3.05) is 20.6 Å². The molecule has 3 rings (SSSR count). The number of hydrogen-bond acceptors (Lipinski definition) is 4. The lowest BCUT2D eigenvalue weighted by Gasteiger charge is -2.24. The Labute approximate surface area is 156 Å². The minimum atomic E-state index is -3.57. The van der Waals surface area contributed by atoms with Crippen molar-refractivity contribution in [3.63, 3.8) is 0 Å². The predicted octanol–water partition coefficient (Wildman–Crippen LogP) is 3.47. The van der Waals surface area contributed by atoms with E-state index < -0.39 is 10.0 Å². The average molecular weight is 398 g/mol. The van der Waals surface area contributed by atoms with Crippen molar-refractivity contribution in [1.82, 2.24) is 14.2 Å². The SMILES string of the molecule is CN(C)[C@H](CNS(=O)(=O)c1ccc(Cl)s1)c1cn(C)c2ccccc12. The van der Waals surface area contributed by atoms with Crippen LogP contribution in [0, 0.1) is 0 Å². The van der Waals surface area contributed by atoms with Gasteiger partial charge in [-0.2, -0.15) is 0 Å². The Morgan fingerprint density at radius 2 is 1.96 bits per heavy atom. The number of benzene rings is 1. The van der Waals surface area contributed by atoms with E-state index in [1.807, 2.05) is 38.2 Å². The van der Waals surface area contributed by atoms with Crippen LogP contribution >= 0.6 is 22.9 Å².